The predicted molar refractivity (Wildman–Crippen MR) is 112 cm³/mol. The number of halogens is 1. The molecule has 1 amide bonds. The molecule has 0 aliphatic carbocycles. The third kappa shape index (κ3) is 4.55. The van der Waals surface area contributed by atoms with Gasteiger partial charge in [0.05, 0.1) is 30.5 Å². The number of rotatable bonds is 6. The Kier molecular flexibility index (Phi) is 6.14. The second-order valence-corrected chi connectivity index (χ2v) is 7.59. The van der Waals surface area contributed by atoms with Crippen LogP contribution in [0.1, 0.15) is 39.0 Å². The van der Waals surface area contributed by atoms with Gasteiger partial charge in [-0.1, -0.05) is 23.7 Å². The van der Waals surface area contributed by atoms with Gasteiger partial charge < -0.3 is 15.0 Å². The summed E-state index contributed by atoms with van der Waals surface area (Å²) in [6.45, 7) is 3.03. The summed E-state index contributed by atoms with van der Waals surface area (Å²) in [5.41, 5.74) is 2.87. The van der Waals surface area contributed by atoms with Crippen molar-refractivity contribution >= 4 is 45.7 Å². The number of thiazole rings is 1. The van der Waals surface area contributed by atoms with Gasteiger partial charge in [-0.2, -0.15) is 0 Å². The molecule has 3 aromatic rings. The summed E-state index contributed by atoms with van der Waals surface area (Å²) in [5.74, 6) is -1.20. The number of Topliss-reactive ketones (excluding diaryl/α,β-unsaturated/α-hetero) is 1. The lowest BCUT2D eigenvalue weighted by atomic mass is 10.1. The van der Waals surface area contributed by atoms with Crippen molar-refractivity contribution in [1.29, 1.82) is 0 Å². The third-order valence-electron chi connectivity index (χ3n) is 4.30. The van der Waals surface area contributed by atoms with Gasteiger partial charge in [0.1, 0.15) is 0 Å². The van der Waals surface area contributed by atoms with Crippen LogP contribution in [0.5, 0.6) is 0 Å². The molecule has 0 atom stereocenters. The monoisotopic (exact) mass is 431 g/mol. The first kappa shape index (κ1) is 20.8. The Morgan fingerprint density at radius 3 is 2.55 bits per heavy atom. The van der Waals surface area contributed by atoms with E-state index in [-0.39, 0.29) is 29.4 Å². The zero-order valence-electron chi connectivity index (χ0n) is 16.0. The van der Waals surface area contributed by atoms with E-state index in [1.54, 1.807) is 19.1 Å². The van der Waals surface area contributed by atoms with Crippen LogP contribution in [-0.4, -0.2) is 34.7 Å². The Balaban J connectivity index is 1.78. The summed E-state index contributed by atoms with van der Waals surface area (Å²) in [4.78, 5) is 43.7. The smallest absolute Gasteiger partial charge is 0.339 e. The number of esters is 1. The Morgan fingerprint density at radius 1 is 1.24 bits per heavy atom. The molecule has 1 aromatic carbocycles. The number of ketones is 1. The van der Waals surface area contributed by atoms with Gasteiger partial charge in [-0.05, 0) is 24.6 Å². The fraction of sp³-hybridized carbons (Fsp3) is 0.200. The molecule has 0 unspecified atom stereocenters. The van der Waals surface area contributed by atoms with E-state index in [0.717, 1.165) is 5.56 Å². The third-order valence-corrected chi connectivity index (χ3v) is 5.31. The maximum Gasteiger partial charge on any atom is 0.339 e. The number of carbonyl (C=O) groups is 3. The molecule has 29 heavy (non-hydrogen) atoms. The number of H-pyrrole nitrogens is 1. The fourth-order valence-corrected chi connectivity index (χ4v) is 3.79. The topological polar surface area (TPSA) is 101 Å². The molecule has 3 rings (SSSR count). The number of aromatic nitrogens is 2. The number of amides is 1. The van der Waals surface area contributed by atoms with Crippen LogP contribution in [0.2, 0.25) is 5.02 Å². The van der Waals surface area contributed by atoms with E-state index in [1.807, 2.05) is 17.5 Å². The van der Waals surface area contributed by atoms with Crippen LogP contribution >= 0.6 is 22.9 Å². The van der Waals surface area contributed by atoms with Crippen LogP contribution in [0.15, 0.2) is 29.6 Å². The average molecular weight is 432 g/mol. The molecule has 9 heteroatoms. The van der Waals surface area contributed by atoms with E-state index in [0.29, 0.717) is 27.1 Å². The highest BCUT2D eigenvalue weighted by molar-refractivity contribution is 7.14. The molecule has 0 bridgehead atoms. The van der Waals surface area contributed by atoms with Gasteiger partial charge >= 0.3 is 5.97 Å². The summed E-state index contributed by atoms with van der Waals surface area (Å²) in [7, 11) is 1.25. The van der Waals surface area contributed by atoms with Gasteiger partial charge in [-0.3, -0.25) is 9.59 Å². The zero-order chi connectivity index (χ0) is 21.1. The number of ether oxygens (including phenoxy) is 1. The van der Waals surface area contributed by atoms with Crippen LogP contribution in [0.3, 0.4) is 0 Å². The Morgan fingerprint density at radius 2 is 1.93 bits per heavy atom. The Labute approximate surface area is 176 Å². The van der Waals surface area contributed by atoms with Gasteiger partial charge in [0.15, 0.2) is 10.9 Å². The number of methoxy groups -OCH3 is 1. The number of hydrogen-bond acceptors (Lipinski definition) is 6. The van der Waals surface area contributed by atoms with E-state index in [9.17, 15) is 14.4 Å². The first-order valence-corrected chi connectivity index (χ1v) is 9.88. The zero-order valence-corrected chi connectivity index (χ0v) is 17.5. The first-order valence-electron chi connectivity index (χ1n) is 8.62. The van der Waals surface area contributed by atoms with Gasteiger partial charge in [-0.25, -0.2) is 9.78 Å². The minimum atomic E-state index is -0.603. The molecular weight excluding hydrogens is 414 g/mol. The minimum absolute atomic E-state index is 0.131. The van der Waals surface area contributed by atoms with Crippen LogP contribution < -0.4 is 5.32 Å². The molecule has 0 fully saturated rings. The number of hydrogen-bond donors (Lipinski definition) is 2. The van der Waals surface area contributed by atoms with Crippen LogP contribution in [0.25, 0.3) is 11.3 Å². The lowest BCUT2D eigenvalue weighted by Crippen LogP contribution is -2.17. The number of benzene rings is 1. The first-order chi connectivity index (χ1) is 13.8. The normalized spacial score (nSPS) is 10.6. The van der Waals surface area contributed by atoms with E-state index >= 15 is 0 Å². The maximum absolute atomic E-state index is 12.5. The second-order valence-electron chi connectivity index (χ2n) is 6.30. The largest absolute Gasteiger partial charge is 0.465 e. The summed E-state index contributed by atoms with van der Waals surface area (Å²) in [6, 6.07) is 7.22. The van der Waals surface area contributed by atoms with Gasteiger partial charge in [-0.15, -0.1) is 11.3 Å². The highest BCUT2D eigenvalue weighted by Gasteiger charge is 2.24. The number of aromatic amines is 1. The number of nitrogens with one attached hydrogen (secondary N) is 2. The van der Waals surface area contributed by atoms with Crippen LogP contribution in [0, 0.1) is 6.92 Å². The minimum Gasteiger partial charge on any atom is -0.465 e. The summed E-state index contributed by atoms with van der Waals surface area (Å²) < 4.78 is 4.79. The molecule has 7 nitrogen and oxygen atoms in total. The van der Waals surface area contributed by atoms with Crippen molar-refractivity contribution in [3.8, 4) is 11.3 Å². The number of nitrogens with zero attached hydrogens (tertiary/aromatic N) is 1. The Hall–Kier alpha value is -2.97. The summed E-state index contributed by atoms with van der Waals surface area (Å²) in [5, 5.41) is 5.60. The van der Waals surface area contributed by atoms with Crippen molar-refractivity contribution < 1.29 is 19.1 Å². The highest BCUT2D eigenvalue weighted by atomic mass is 35.5. The molecule has 2 heterocycles. The van der Waals surface area contributed by atoms with Gasteiger partial charge in [0.25, 0.3) is 0 Å². The lowest BCUT2D eigenvalue weighted by molar-refractivity contribution is -0.115. The molecule has 0 aliphatic heterocycles. The van der Waals surface area contributed by atoms with Crippen LogP contribution in [0.4, 0.5) is 5.13 Å². The molecule has 0 saturated carbocycles. The van der Waals surface area contributed by atoms with Gasteiger partial charge in [0.2, 0.25) is 5.91 Å². The van der Waals surface area contributed by atoms with Crippen molar-refractivity contribution in [2.75, 3.05) is 12.4 Å². The van der Waals surface area contributed by atoms with E-state index in [1.165, 1.54) is 25.4 Å². The van der Waals surface area contributed by atoms with E-state index in [4.69, 9.17) is 16.3 Å². The molecule has 2 N–H and O–H groups in total. The molecular formula is C20H18ClN3O4S. The van der Waals surface area contributed by atoms with Crippen molar-refractivity contribution in [2.24, 2.45) is 0 Å². The average Bonchev–Trinajstić information content (AvgIpc) is 3.26. The number of anilines is 1. The predicted octanol–water partition coefficient (Wildman–Crippen LogP) is 4.27. The molecule has 0 aliphatic rings. The molecule has 2 aromatic heterocycles. The molecule has 150 valence electrons. The maximum atomic E-state index is 12.5. The van der Waals surface area contributed by atoms with Gasteiger partial charge in [0, 0.05) is 28.6 Å². The van der Waals surface area contributed by atoms with Crippen LogP contribution in [-0.2, 0) is 16.0 Å². The quantitative estimate of drug-likeness (QED) is 0.448. The fourth-order valence-electron chi connectivity index (χ4n) is 2.93. The SMILES string of the molecule is COC(=O)c1c(CC(=O)Nc2nc(-c3ccc(Cl)cc3)cs2)[nH]c(C(C)=O)c1C. The summed E-state index contributed by atoms with van der Waals surface area (Å²) >= 11 is 7.18. The lowest BCUT2D eigenvalue weighted by Gasteiger charge is -2.04. The second kappa shape index (κ2) is 8.59. The highest BCUT2D eigenvalue weighted by Crippen LogP contribution is 2.26. The van der Waals surface area contributed by atoms with Crippen molar-refractivity contribution in [3.05, 3.63) is 57.2 Å². The van der Waals surface area contributed by atoms with Crippen molar-refractivity contribution in [1.82, 2.24) is 9.97 Å². The Bertz CT molecular complexity index is 1090. The van der Waals surface area contributed by atoms with E-state index in [2.05, 4.69) is 15.3 Å². The summed E-state index contributed by atoms with van der Waals surface area (Å²) in [6.07, 6.45) is -0.131. The molecule has 0 saturated heterocycles. The standard InChI is InChI=1S/C20H18ClN3O4S/c1-10-17(19(27)28-3)14(22-18(10)11(2)25)8-16(26)24-20-23-15(9-29-20)12-4-6-13(21)7-5-12/h4-7,9,22H,8H2,1-3H3,(H,23,24,26). The number of carbonyl (C=O) groups excluding carboxylic acids is 3. The van der Waals surface area contributed by atoms with Crippen molar-refractivity contribution in [3.63, 3.8) is 0 Å². The van der Waals surface area contributed by atoms with E-state index < -0.39 is 5.97 Å². The molecule has 0 radical (unpaired) electrons. The molecule has 0 spiro atoms. The van der Waals surface area contributed by atoms with Crippen molar-refractivity contribution in [2.45, 2.75) is 20.3 Å².